The van der Waals surface area contributed by atoms with Gasteiger partial charge in [-0.15, -0.1) is 0 Å². The summed E-state index contributed by atoms with van der Waals surface area (Å²) in [5, 5.41) is 11.0. The van der Waals surface area contributed by atoms with Crippen LogP contribution in [-0.4, -0.2) is 23.1 Å². The lowest BCUT2D eigenvalue weighted by Gasteiger charge is -2.20. The zero-order valence-corrected chi connectivity index (χ0v) is 13.5. The van der Waals surface area contributed by atoms with Crippen molar-refractivity contribution in [3.63, 3.8) is 0 Å². The topological polar surface area (TPSA) is 75.8 Å². The van der Waals surface area contributed by atoms with Crippen LogP contribution in [-0.2, 0) is 11.2 Å². The zero-order valence-electron chi connectivity index (χ0n) is 13.5. The molecule has 6 heteroatoms. The normalized spacial score (nSPS) is 16.4. The number of carbonyl (C=O) groups is 1. The van der Waals surface area contributed by atoms with E-state index in [1.165, 1.54) is 12.3 Å². The first kappa shape index (κ1) is 15.9. The third-order valence-electron chi connectivity index (χ3n) is 4.10. The van der Waals surface area contributed by atoms with Crippen LogP contribution in [0.1, 0.15) is 25.0 Å². The number of nitro benzene ring substituents is 1. The van der Waals surface area contributed by atoms with Gasteiger partial charge in [0.25, 0.3) is 5.69 Å². The van der Waals surface area contributed by atoms with E-state index in [1.54, 1.807) is 30.0 Å². The molecule has 0 aliphatic carbocycles. The van der Waals surface area contributed by atoms with Gasteiger partial charge in [0.1, 0.15) is 0 Å². The van der Waals surface area contributed by atoms with Crippen molar-refractivity contribution in [2.45, 2.75) is 26.3 Å². The first-order valence-corrected chi connectivity index (χ1v) is 7.67. The summed E-state index contributed by atoms with van der Waals surface area (Å²) in [6.45, 7) is 3.57. The predicted octanol–water partition coefficient (Wildman–Crippen LogP) is 3.64. The monoisotopic (exact) mass is 323 g/mol. The van der Waals surface area contributed by atoms with E-state index >= 15 is 0 Å². The number of nitro groups is 1. The summed E-state index contributed by atoms with van der Waals surface area (Å²) in [6.07, 6.45) is 2.28. The summed E-state index contributed by atoms with van der Waals surface area (Å²) in [7, 11) is 0. The average Bonchev–Trinajstić information content (AvgIpc) is 2.88. The highest BCUT2D eigenvalue weighted by Gasteiger charge is 2.28. The van der Waals surface area contributed by atoms with Crippen LogP contribution >= 0.6 is 0 Å². The van der Waals surface area contributed by atoms with Gasteiger partial charge < -0.3 is 4.90 Å². The second-order valence-electron chi connectivity index (χ2n) is 5.83. The van der Waals surface area contributed by atoms with Crippen molar-refractivity contribution in [2.24, 2.45) is 4.99 Å². The van der Waals surface area contributed by atoms with Crippen LogP contribution in [0.3, 0.4) is 0 Å². The molecule has 1 aliphatic rings. The number of amides is 1. The van der Waals surface area contributed by atoms with Gasteiger partial charge in [0.2, 0.25) is 5.91 Å². The molecule has 2 aromatic rings. The molecule has 3 rings (SSSR count). The zero-order chi connectivity index (χ0) is 17.3. The Morgan fingerprint density at radius 1 is 1.33 bits per heavy atom. The Kier molecular flexibility index (Phi) is 4.12. The molecular weight excluding hydrogens is 306 g/mol. The van der Waals surface area contributed by atoms with Crippen LogP contribution < -0.4 is 4.90 Å². The van der Waals surface area contributed by atoms with E-state index in [1.807, 2.05) is 25.1 Å². The SMILES string of the molecule is CC(=O)N1c2ccc(N=Cc3ccccc3[N+](=O)[O-])cc2CC1C. The van der Waals surface area contributed by atoms with E-state index in [4.69, 9.17) is 0 Å². The van der Waals surface area contributed by atoms with Crippen LogP contribution in [0.25, 0.3) is 0 Å². The summed E-state index contributed by atoms with van der Waals surface area (Å²) in [5.41, 5.74) is 3.18. The number of hydrogen-bond donors (Lipinski definition) is 0. The van der Waals surface area contributed by atoms with Crippen molar-refractivity contribution in [3.8, 4) is 0 Å². The minimum absolute atomic E-state index is 0.0254. The van der Waals surface area contributed by atoms with Gasteiger partial charge in [-0.2, -0.15) is 0 Å². The molecule has 0 fully saturated rings. The fourth-order valence-corrected chi connectivity index (χ4v) is 3.08. The standard InChI is InChI=1S/C18H17N3O3/c1-12-9-15-10-16(7-8-17(15)20(12)13(2)22)19-11-14-5-3-4-6-18(14)21(23)24/h3-8,10-12H,9H2,1-2H3. The summed E-state index contributed by atoms with van der Waals surface area (Å²) < 4.78 is 0. The van der Waals surface area contributed by atoms with Crippen LogP contribution in [0.5, 0.6) is 0 Å². The molecule has 1 atom stereocenters. The quantitative estimate of drug-likeness (QED) is 0.491. The van der Waals surface area contributed by atoms with Gasteiger partial charge in [0.15, 0.2) is 0 Å². The largest absolute Gasteiger partial charge is 0.309 e. The van der Waals surface area contributed by atoms with Gasteiger partial charge in [-0.1, -0.05) is 12.1 Å². The maximum absolute atomic E-state index is 11.7. The minimum Gasteiger partial charge on any atom is -0.309 e. The molecule has 1 unspecified atom stereocenters. The molecule has 0 bridgehead atoms. The summed E-state index contributed by atoms with van der Waals surface area (Å²) in [5.74, 6) is 0.0254. The van der Waals surface area contributed by atoms with E-state index in [0.717, 1.165) is 17.7 Å². The summed E-state index contributed by atoms with van der Waals surface area (Å²) >= 11 is 0. The van der Waals surface area contributed by atoms with Crippen molar-refractivity contribution >= 4 is 29.2 Å². The number of para-hydroxylation sites is 1. The van der Waals surface area contributed by atoms with Crippen molar-refractivity contribution in [3.05, 3.63) is 63.7 Å². The van der Waals surface area contributed by atoms with Crippen molar-refractivity contribution in [1.82, 2.24) is 0 Å². The molecule has 0 radical (unpaired) electrons. The summed E-state index contributed by atoms with van der Waals surface area (Å²) in [4.78, 5) is 28.5. The van der Waals surface area contributed by atoms with E-state index < -0.39 is 4.92 Å². The van der Waals surface area contributed by atoms with Gasteiger partial charge in [0.05, 0.1) is 16.2 Å². The second-order valence-corrected chi connectivity index (χ2v) is 5.83. The number of rotatable bonds is 3. The Morgan fingerprint density at radius 3 is 2.79 bits per heavy atom. The van der Waals surface area contributed by atoms with E-state index in [0.29, 0.717) is 11.3 Å². The number of hydrogen-bond acceptors (Lipinski definition) is 4. The van der Waals surface area contributed by atoms with Crippen molar-refractivity contribution in [2.75, 3.05) is 4.90 Å². The maximum Gasteiger partial charge on any atom is 0.278 e. The van der Waals surface area contributed by atoms with Crippen LogP contribution in [0.2, 0.25) is 0 Å². The first-order valence-electron chi connectivity index (χ1n) is 7.67. The Balaban J connectivity index is 1.90. The highest BCUT2D eigenvalue weighted by Crippen LogP contribution is 2.34. The molecule has 1 heterocycles. The highest BCUT2D eigenvalue weighted by atomic mass is 16.6. The Hall–Kier alpha value is -3.02. The van der Waals surface area contributed by atoms with E-state index in [-0.39, 0.29) is 17.6 Å². The lowest BCUT2D eigenvalue weighted by Crippen LogP contribution is -2.33. The number of anilines is 1. The molecule has 122 valence electrons. The van der Waals surface area contributed by atoms with Crippen molar-refractivity contribution in [1.29, 1.82) is 0 Å². The van der Waals surface area contributed by atoms with E-state index in [2.05, 4.69) is 4.99 Å². The second kappa shape index (κ2) is 6.23. The number of nitrogens with zero attached hydrogens (tertiary/aromatic N) is 3. The van der Waals surface area contributed by atoms with Gasteiger partial charge in [0, 0.05) is 30.9 Å². The lowest BCUT2D eigenvalue weighted by atomic mass is 10.1. The molecule has 0 N–H and O–H groups in total. The minimum atomic E-state index is -0.420. The molecule has 0 aromatic heterocycles. The van der Waals surface area contributed by atoms with Gasteiger partial charge in [-0.05, 0) is 43.2 Å². The average molecular weight is 323 g/mol. The third kappa shape index (κ3) is 2.90. The molecule has 1 amide bonds. The molecule has 6 nitrogen and oxygen atoms in total. The number of fused-ring (bicyclic) bond motifs is 1. The highest BCUT2D eigenvalue weighted by molar-refractivity contribution is 5.95. The molecular formula is C18H17N3O3. The third-order valence-corrected chi connectivity index (χ3v) is 4.10. The Labute approximate surface area is 139 Å². The van der Waals surface area contributed by atoms with Gasteiger partial charge in [-0.3, -0.25) is 19.9 Å². The molecule has 0 saturated carbocycles. The van der Waals surface area contributed by atoms with Crippen molar-refractivity contribution < 1.29 is 9.72 Å². The molecule has 2 aromatic carbocycles. The number of carbonyl (C=O) groups excluding carboxylic acids is 1. The van der Waals surface area contributed by atoms with Gasteiger partial charge in [-0.25, -0.2) is 0 Å². The van der Waals surface area contributed by atoms with E-state index in [9.17, 15) is 14.9 Å². The van der Waals surface area contributed by atoms with Crippen LogP contribution in [0.4, 0.5) is 17.1 Å². The fourth-order valence-electron chi connectivity index (χ4n) is 3.08. The van der Waals surface area contributed by atoms with Gasteiger partial charge >= 0.3 is 0 Å². The smallest absolute Gasteiger partial charge is 0.278 e. The molecule has 0 spiro atoms. The fraction of sp³-hybridized carbons (Fsp3) is 0.222. The Bertz CT molecular complexity index is 845. The molecule has 24 heavy (non-hydrogen) atoms. The van der Waals surface area contributed by atoms with Crippen LogP contribution in [0, 0.1) is 10.1 Å². The summed E-state index contributed by atoms with van der Waals surface area (Å²) in [6, 6.07) is 12.2. The van der Waals surface area contributed by atoms with Crippen LogP contribution in [0.15, 0.2) is 47.5 Å². The number of aliphatic imine (C=N–C) groups is 1. The molecule has 1 aliphatic heterocycles. The predicted molar refractivity (Wildman–Crippen MR) is 93.1 cm³/mol. The maximum atomic E-state index is 11.7. The number of benzene rings is 2. The Morgan fingerprint density at radius 2 is 2.08 bits per heavy atom. The first-order chi connectivity index (χ1) is 11.5. The lowest BCUT2D eigenvalue weighted by molar-refractivity contribution is -0.385. The molecule has 0 saturated heterocycles.